The summed E-state index contributed by atoms with van der Waals surface area (Å²) in [6.45, 7) is 4.02. The molecule has 0 bridgehead atoms. The molecule has 2 rings (SSSR count). The zero-order valence-electron chi connectivity index (χ0n) is 7.54. The van der Waals surface area contributed by atoms with E-state index in [4.69, 9.17) is 4.42 Å². The molecule has 0 aliphatic rings. The highest BCUT2D eigenvalue weighted by atomic mass is 79.9. The Kier molecular flexibility index (Phi) is 1.91. The lowest BCUT2D eigenvalue weighted by Crippen LogP contribution is -2.06. The van der Waals surface area contributed by atoms with Crippen LogP contribution in [0.25, 0.3) is 11.1 Å². The number of aromatic nitrogens is 1. The largest absolute Gasteiger partial charge is 0.439 e. The second-order valence-corrected chi connectivity index (χ2v) is 5.44. The Morgan fingerprint density at radius 1 is 1.31 bits per heavy atom. The Hall–Kier alpha value is -0.830. The van der Waals surface area contributed by atoms with Crippen LogP contribution in [0.5, 0.6) is 0 Å². The number of alkyl halides is 1. The maximum Gasteiger partial charge on any atom is 0.211 e. The SMILES string of the molecule is CC(C)(Br)c1nc2ccccc2o1. The number of nitrogens with zero attached hydrogens (tertiary/aromatic N) is 1. The fraction of sp³-hybridized carbons (Fsp3) is 0.300. The third-order valence-electron chi connectivity index (χ3n) is 1.80. The van der Waals surface area contributed by atoms with Gasteiger partial charge in [0, 0.05) is 0 Å². The van der Waals surface area contributed by atoms with E-state index in [1.165, 1.54) is 0 Å². The topological polar surface area (TPSA) is 26.0 Å². The first kappa shape index (κ1) is 8.75. The molecular weight excluding hydrogens is 230 g/mol. The average Bonchev–Trinajstić information content (AvgIpc) is 2.45. The minimum atomic E-state index is -0.202. The fourth-order valence-corrected chi connectivity index (χ4v) is 1.30. The number of para-hydroxylation sites is 2. The summed E-state index contributed by atoms with van der Waals surface area (Å²) in [5.41, 5.74) is 1.75. The van der Waals surface area contributed by atoms with Crippen molar-refractivity contribution < 1.29 is 4.42 Å². The smallest absolute Gasteiger partial charge is 0.211 e. The molecule has 1 heterocycles. The van der Waals surface area contributed by atoms with E-state index in [0.29, 0.717) is 5.89 Å². The van der Waals surface area contributed by atoms with E-state index in [1.54, 1.807) is 0 Å². The van der Waals surface area contributed by atoms with Crippen molar-refractivity contribution in [2.24, 2.45) is 0 Å². The summed E-state index contributed by atoms with van der Waals surface area (Å²) in [5.74, 6) is 0.716. The molecule has 0 amide bonds. The molecular formula is C10H10BrNO. The van der Waals surface area contributed by atoms with Crippen LogP contribution in [0.15, 0.2) is 28.7 Å². The van der Waals surface area contributed by atoms with Crippen molar-refractivity contribution in [1.82, 2.24) is 4.98 Å². The normalized spacial score (nSPS) is 12.2. The number of fused-ring (bicyclic) bond motifs is 1. The van der Waals surface area contributed by atoms with Crippen LogP contribution in [0.2, 0.25) is 0 Å². The molecule has 0 spiro atoms. The molecule has 0 fully saturated rings. The van der Waals surface area contributed by atoms with Crippen LogP contribution in [0.3, 0.4) is 0 Å². The number of hydrogen-bond donors (Lipinski definition) is 0. The van der Waals surface area contributed by atoms with Crippen molar-refractivity contribution in [3.8, 4) is 0 Å². The van der Waals surface area contributed by atoms with Crippen LogP contribution in [0.4, 0.5) is 0 Å². The van der Waals surface area contributed by atoms with Crippen molar-refractivity contribution in [3.05, 3.63) is 30.2 Å². The minimum absolute atomic E-state index is 0.202. The molecule has 0 saturated carbocycles. The van der Waals surface area contributed by atoms with Gasteiger partial charge < -0.3 is 4.42 Å². The van der Waals surface area contributed by atoms with E-state index < -0.39 is 0 Å². The summed E-state index contributed by atoms with van der Waals surface area (Å²) >= 11 is 3.51. The van der Waals surface area contributed by atoms with E-state index >= 15 is 0 Å². The summed E-state index contributed by atoms with van der Waals surface area (Å²) in [6, 6.07) is 7.76. The van der Waals surface area contributed by atoms with Gasteiger partial charge in [0.05, 0.1) is 4.32 Å². The Balaban J connectivity index is 2.63. The van der Waals surface area contributed by atoms with Crippen molar-refractivity contribution in [2.75, 3.05) is 0 Å². The summed E-state index contributed by atoms with van der Waals surface area (Å²) in [4.78, 5) is 4.37. The third kappa shape index (κ3) is 1.61. The Morgan fingerprint density at radius 2 is 2.00 bits per heavy atom. The first-order valence-electron chi connectivity index (χ1n) is 4.12. The zero-order valence-corrected chi connectivity index (χ0v) is 9.13. The second kappa shape index (κ2) is 2.84. The van der Waals surface area contributed by atoms with Gasteiger partial charge in [0.2, 0.25) is 5.89 Å². The van der Waals surface area contributed by atoms with E-state index in [0.717, 1.165) is 11.1 Å². The van der Waals surface area contributed by atoms with Gasteiger partial charge in [-0.05, 0) is 26.0 Å². The molecule has 0 radical (unpaired) electrons. The summed E-state index contributed by atoms with van der Waals surface area (Å²) in [6.07, 6.45) is 0. The van der Waals surface area contributed by atoms with Crippen LogP contribution in [0, 0.1) is 0 Å². The van der Waals surface area contributed by atoms with E-state index in [1.807, 2.05) is 38.1 Å². The molecule has 13 heavy (non-hydrogen) atoms. The van der Waals surface area contributed by atoms with Crippen molar-refractivity contribution in [3.63, 3.8) is 0 Å². The predicted octanol–water partition coefficient (Wildman–Crippen LogP) is 3.46. The Bertz CT molecular complexity index is 395. The molecule has 3 heteroatoms. The van der Waals surface area contributed by atoms with Crippen LogP contribution in [0.1, 0.15) is 19.7 Å². The van der Waals surface area contributed by atoms with Gasteiger partial charge >= 0.3 is 0 Å². The summed E-state index contributed by atoms with van der Waals surface area (Å²) in [5, 5.41) is 0. The van der Waals surface area contributed by atoms with E-state index in [2.05, 4.69) is 20.9 Å². The molecule has 0 aliphatic heterocycles. The number of hydrogen-bond acceptors (Lipinski definition) is 2. The highest BCUT2D eigenvalue weighted by molar-refractivity contribution is 9.09. The summed E-state index contributed by atoms with van der Waals surface area (Å²) < 4.78 is 5.37. The number of oxazole rings is 1. The highest BCUT2D eigenvalue weighted by Crippen LogP contribution is 2.31. The highest BCUT2D eigenvalue weighted by Gasteiger charge is 2.22. The maximum atomic E-state index is 5.57. The Labute approximate surface area is 85.1 Å². The van der Waals surface area contributed by atoms with Gasteiger partial charge in [-0.3, -0.25) is 0 Å². The van der Waals surface area contributed by atoms with E-state index in [9.17, 15) is 0 Å². The van der Waals surface area contributed by atoms with Crippen LogP contribution in [-0.4, -0.2) is 4.98 Å². The van der Waals surface area contributed by atoms with Gasteiger partial charge in [0.25, 0.3) is 0 Å². The molecule has 0 N–H and O–H groups in total. The average molecular weight is 240 g/mol. The van der Waals surface area contributed by atoms with Crippen molar-refractivity contribution >= 4 is 27.0 Å². The first-order valence-corrected chi connectivity index (χ1v) is 4.91. The molecule has 1 aromatic carbocycles. The lowest BCUT2D eigenvalue weighted by atomic mass is 10.2. The third-order valence-corrected chi connectivity index (χ3v) is 2.14. The first-order chi connectivity index (χ1) is 6.07. The predicted molar refractivity (Wildman–Crippen MR) is 56.0 cm³/mol. The molecule has 0 unspecified atom stereocenters. The van der Waals surface area contributed by atoms with E-state index in [-0.39, 0.29) is 4.32 Å². The minimum Gasteiger partial charge on any atom is -0.439 e. The quantitative estimate of drug-likeness (QED) is 0.713. The number of benzene rings is 1. The molecule has 68 valence electrons. The molecule has 0 atom stereocenters. The standard InChI is InChI=1S/C10H10BrNO/c1-10(2,11)9-12-7-5-3-4-6-8(7)13-9/h3-6H,1-2H3. The maximum absolute atomic E-state index is 5.57. The molecule has 2 aromatic rings. The van der Waals surface area contributed by atoms with Crippen molar-refractivity contribution in [2.45, 2.75) is 18.2 Å². The molecule has 2 nitrogen and oxygen atoms in total. The van der Waals surface area contributed by atoms with Gasteiger partial charge in [-0.15, -0.1) is 0 Å². The van der Waals surface area contributed by atoms with Gasteiger partial charge in [-0.2, -0.15) is 0 Å². The van der Waals surface area contributed by atoms with Gasteiger partial charge in [0.15, 0.2) is 5.58 Å². The van der Waals surface area contributed by atoms with Gasteiger partial charge in [-0.25, -0.2) is 4.98 Å². The monoisotopic (exact) mass is 239 g/mol. The van der Waals surface area contributed by atoms with Crippen LogP contribution in [-0.2, 0) is 4.32 Å². The lowest BCUT2D eigenvalue weighted by molar-refractivity contribution is 0.484. The summed E-state index contributed by atoms with van der Waals surface area (Å²) in [7, 11) is 0. The number of rotatable bonds is 1. The molecule has 0 saturated heterocycles. The van der Waals surface area contributed by atoms with Crippen LogP contribution >= 0.6 is 15.9 Å². The molecule has 1 aromatic heterocycles. The van der Waals surface area contributed by atoms with Crippen LogP contribution < -0.4 is 0 Å². The molecule has 0 aliphatic carbocycles. The Morgan fingerprint density at radius 3 is 2.62 bits per heavy atom. The number of halogens is 1. The van der Waals surface area contributed by atoms with Crippen molar-refractivity contribution in [1.29, 1.82) is 0 Å². The fourth-order valence-electron chi connectivity index (χ4n) is 1.13. The second-order valence-electron chi connectivity index (χ2n) is 3.46. The van der Waals surface area contributed by atoms with Gasteiger partial charge in [-0.1, -0.05) is 28.1 Å². The van der Waals surface area contributed by atoms with Gasteiger partial charge in [0.1, 0.15) is 5.52 Å². The lowest BCUT2D eigenvalue weighted by Gasteiger charge is -2.09. The zero-order chi connectivity index (χ0) is 9.47.